The smallest absolute Gasteiger partial charge is 0.151 e. The summed E-state index contributed by atoms with van der Waals surface area (Å²) in [6.45, 7) is 12.3. The maximum Gasteiger partial charge on any atom is 0.151 e. The van der Waals surface area contributed by atoms with Crippen molar-refractivity contribution in [2.24, 2.45) is 16.7 Å². The summed E-state index contributed by atoms with van der Waals surface area (Å²) >= 11 is 0. The van der Waals surface area contributed by atoms with Gasteiger partial charge < -0.3 is 0 Å². The highest BCUT2D eigenvalue weighted by atomic mass is 32.2. The summed E-state index contributed by atoms with van der Waals surface area (Å²) in [4.78, 5) is 14.4. The highest BCUT2D eigenvalue weighted by Crippen LogP contribution is 2.54. The maximum absolute atomic E-state index is 12.2. The normalized spacial score (nSPS) is 31.9. The monoisotopic (exact) mass is 315 g/mol. The Balaban J connectivity index is 2.17. The lowest BCUT2D eigenvalue weighted by atomic mass is 9.61. The van der Waals surface area contributed by atoms with Crippen LogP contribution in [0.4, 0.5) is 0 Å². The van der Waals surface area contributed by atoms with E-state index in [1.807, 2.05) is 6.92 Å². The first-order valence-corrected chi connectivity index (χ1v) is 9.85. The van der Waals surface area contributed by atoms with Gasteiger partial charge in [0.1, 0.15) is 5.78 Å². The summed E-state index contributed by atoms with van der Waals surface area (Å²) in [7, 11) is -2.84. The molecule has 0 N–H and O–H groups in total. The number of likely N-dealkylation sites (N-methyl/N-ethyl adjacent to an activating group) is 1. The predicted molar refractivity (Wildman–Crippen MR) is 85.0 cm³/mol. The number of likely N-dealkylation sites (tertiary alicyclic amines) is 1. The first-order valence-electron chi connectivity index (χ1n) is 8.03. The second kappa shape index (κ2) is 5.34. The largest absolute Gasteiger partial charge is 0.298 e. The van der Waals surface area contributed by atoms with Crippen LogP contribution < -0.4 is 0 Å². The van der Waals surface area contributed by atoms with Gasteiger partial charge in [-0.25, -0.2) is 8.42 Å². The Morgan fingerprint density at radius 1 is 1.29 bits per heavy atom. The summed E-state index contributed by atoms with van der Waals surface area (Å²) in [6, 6.07) is 0.0320. The third-order valence-corrected chi connectivity index (χ3v) is 8.34. The van der Waals surface area contributed by atoms with E-state index >= 15 is 0 Å². The molecule has 0 aromatic rings. The summed E-state index contributed by atoms with van der Waals surface area (Å²) < 4.78 is 23.3. The Hall–Kier alpha value is -0.420. The van der Waals surface area contributed by atoms with Crippen molar-refractivity contribution in [1.82, 2.24) is 4.90 Å². The molecule has 0 amide bonds. The first-order chi connectivity index (χ1) is 9.56. The highest BCUT2D eigenvalue weighted by Gasteiger charge is 2.58. The molecular formula is C16H29NO3S. The van der Waals surface area contributed by atoms with Crippen LogP contribution in [0.5, 0.6) is 0 Å². The van der Waals surface area contributed by atoms with Crippen LogP contribution in [0.15, 0.2) is 0 Å². The second-order valence-electron chi connectivity index (χ2n) is 7.67. The number of carbonyl (C=O) groups is 1. The van der Waals surface area contributed by atoms with Gasteiger partial charge >= 0.3 is 0 Å². The van der Waals surface area contributed by atoms with E-state index in [1.54, 1.807) is 0 Å². The number of sulfone groups is 1. The molecule has 122 valence electrons. The van der Waals surface area contributed by atoms with E-state index in [4.69, 9.17) is 0 Å². The molecule has 0 radical (unpaired) electrons. The third-order valence-electron chi connectivity index (χ3n) is 6.18. The van der Waals surface area contributed by atoms with Gasteiger partial charge in [0.15, 0.2) is 9.84 Å². The van der Waals surface area contributed by atoms with Gasteiger partial charge in [-0.3, -0.25) is 9.69 Å². The average molecular weight is 315 g/mol. The van der Waals surface area contributed by atoms with E-state index in [9.17, 15) is 13.2 Å². The van der Waals surface area contributed by atoms with E-state index in [0.29, 0.717) is 29.6 Å². The lowest BCUT2D eigenvalue weighted by Gasteiger charge is -2.53. The Morgan fingerprint density at radius 2 is 1.86 bits per heavy atom. The van der Waals surface area contributed by atoms with Crippen LogP contribution in [0.2, 0.25) is 0 Å². The van der Waals surface area contributed by atoms with E-state index in [2.05, 4.69) is 32.6 Å². The van der Waals surface area contributed by atoms with Crippen LogP contribution in [-0.4, -0.2) is 49.7 Å². The third kappa shape index (κ3) is 2.79. The minimum atomic E-state index is -2.84. The lowest BCUT2D eigenvalue weighted by Crippen LogP contribution is -2.57. The van der Waals surface area contributed by atoms with Crippen molar-refractivity contribution in [3.05, 3.63) is 0 Å². The molecule has 4 nitrogen and oxygen atoms in total. The van der Waals surface area contributed by atoms with E-state index in [-0.39, 0.29) is 16.9 Å². The van der Waals surface area contributed by atoms with Gasteiger partial charge in [0.25, 0.3) is 0 Å². The number of Topliss-reactive ketones (excluding diaryl/α,β-unsaturated/α-hetero) is 1. The fourth-order valence-corrected chi connectivity index (χ4v) is 6.74. The molecule has 2 aliphatic rings. The van der Waals surface area contributed by atoms with Crippen LogP contribution in [0.25, 0.3) is 0 Å². The second-order valence-corrected chi connectivity index (χ2v) is 9.73. The van der Waals surface area contributed by atoms with Crippen molar-refractivity contribution in [2.45, 2.75) is 53.5 Å². The number of carbonyl (C=O) groups excluding carboxylic acids is 1. The molecule has 0 aliphatic carbocycles. The summed E-state index contributed by atoms with van der Waals surface area (Å²) in [6.07, 6.45) is 1.46. The maximum atomic E-state index is 12.2. The van der Waals surface area contributed by atoms with E-state index < -0.39 is 9.84 Å². The van der Waals surface area contributed by atoms with E-state index in [0.717, 1.165) is 19.5 Å². The van der Waals surface area contributed by atoms with Gasteiger partial charge in [0.2, 0.25) is 0 Å². The molecule has 21 heavy (non-hydrogen) atoms. The van der Waals surface area contributed by atoms with Gasteiger partial charge in [-0.05, 0) is 24.3 Å². The van der Waals surface area contributed by atoms with Crippen LogP contribution in [0, 0.1) is 16.7 Å². The highest BCUT2D eigenvalue weighted by molar-refractivity contribution is 7.92. The predicted octanol–water partition coefficient (Wildman–Crippen LogP) is 2.14. The standard InChI is InChI=1S/C16H29NO3S/c1-6-14(18)13-8-12(9-17(13)7-2)15(3,4)16(5)10-21(19,20)11-16/h12-13H,6-11H2,1-5H3/t12-,13+/m1/s1. The molecular weight excluding hydrogens is 286 g/mol. The Bertz CT molecular complexity index is 512. The minimum Gasteiger partial charge on any atom is -0.298 e. The lowest BCUT2D eigenvalue weighted by molar-refractivity contribution is -0.123. The van der Waals surface area contributed by atoms with Gasteiger partial charge in [-0.2, -0.15) is 0 Å². The molecule has 0 unspecified atom stereocenters. The molecule has 2 atom stereocenters. The number of ketones is 1. The molecule has 0 bridgehead atoms. The Labute approximate surface area is 129 Å². The topological polar surface area (TPSA) is 54.5 Å². The summed E-state index contributed by atoms with van der Waals surface area (Å²) in [5, 5.41) is 0. The number of hydrogen-bond acceptors (Lipinski definition) is 4. The molecule has 0 spiro atoms. The molecule has 5 heteroatoms. The first kappa shape index (κ1) is 16.9. The summed E-state index contributed by atoms with van der Waals surface area (Å²) in [5.41, 5.74) is -0.214. The van der Waals surface area contributed by atoms with Crippen molar-refractivity contribution >= 4 is 15.6 Å². The van der Waals surface area contributed by atoms with Crippen molar-refractivity contribution < 1.29 is 13.2 Å². The molecule has 2 heterocycles. The fourth-order valence-electron chi connectivity index (χ4n) is 4.14. The van der Waals surface area contributed by atoms with Crippen LogP contribution in [-0.2, 0) is 14.6 Å². The number of nitrogens with zero attached hydrogens (tertiary/aromatic N) is 1. The molecule has 0 saturated carbocycles. The van der Waals surface area contributed by atoms with Gasteiger partial charge in [-0.1, -0.05) is 34.6 Å². The van der Waals surface area contributed by atoms with Crippen LogP contribution >= 0.6 is 0 Å². The Morgan fingerprint density at radius 3 is 2.29 bits per heavy atom. The van der Waals surface area contributed by atoms with Gasteiger partial charge in [0, 0.05) is 18.4 Å². The number of hydrogen-bond donors (Lipinski definition) is 0. The van der Waals surface area contributed by atoms with Crippen LogP contribution in [0.1, 0.15) is 47.5 Å². The molecule has 2 rings (SSSR count). The minimum absolute atomic E-state index is 0.0320. The van der Waals surface area contributed by atoms with Crippen molar-refractivity contribution in [3.8, 4) is 0 Å². The average Bonchev–Trinajstić information content (AvgIpc) is 2.79. The SMILES string of the molecule is CCC(=O)[C@@H]1C[C@@H](C(C)(C)C2(C)CS(=O)(=O)C2)CN1CC. The zero-order valence-electron chi connectivity index (χ0n) is 14.0. The van der Waals surface area contributed by atoms with Crippen molar-refractivity contribution in [3.63, 3.8) is 0 Å². The fraction of sp³-hybridized carbons (Fsp3) is 0.938. The van der Waals surface area contributed by atoms with Crippen LogP contribution in [0.3, 0.4) is 0 Å². The van der Waals surface area contributed by atoms with Crippen molar-refractivity contribution in [2.75, 3.05) is 24.6 Å². The molecule has 2 fully saturated rings. The van der Waals surface area contributed by atoms with Gasteiger partial charge in [-0.15, -0.1) is 0 Å². The van der Waals surface area contributed by atoms with Gasteiger partial charge in [0.05, 0.1) is 17.5 Å². The van der Waals surface area contributed by atoms with E-state index in [1.165, 1.54) is 0 Å². The number of rotatable bonds is 5. The zero-order chi connectivity index (χ0) is 16.1. The molecule has 0 aromatic heterocycles. The zero-order valence-corrected chi connectivity index (χ0v) is 14.8. The quantitative estimate of drug-likeness (QED) is 0.780. The molecule has 0 aromatic carbocycles. The van der Waals surface area contributed by atoms with Crippen molar-refractivity contribution in [1.29, 1.82) is 0 Å². The Kier molecular flexibility index (Phi) is 4.31. The molecule has 2 saturated heterocycles. The summed E-state index contributed by atoms with van der Waals surface area (Å²) in [5.74, 6) is 1.30. The molecule has 2 aliphatic heterocycles.